The third-order valence-corrected chi connectivity index (χ3v) is 2.62. The zero-order valence-electron chi connectivity index (χ0n) is 10.2. The van der Waals surface area contributed by atoms with Crippen molar-refractivity contribution in [2.24, 2.45) is 0 Å². The van der Waals surface area contributed by atoms with Crippen molar-refractivity contribution in [3.8, 4) is 0 Å². The Balaban J connectivity index is 3.48. The molecule has 0 heterocycles. The molecular formula is C11H21N2O3P. The molecule has 98 valence electrons. The van der Waals surface area contributed by atoms with Crippen LogP contribution in [0.15, 0.2) is 12.7 Å². The lowest BCUT2D eigenvalue weighted by Crippen LogP contribution is -2.29. The minimum absolute atomic E-state index is 0.118. The van der Waals surface area contributed by atoms with Crippen molar-refractivity contribution in [1.82, 2.24) is 10.4 Å². The number of unbranched alkanes of at least 4 members (excludes halogenated alkanes) is 1. The fourth-order valence-electron chi connectivity index (χ4n) is 1.25. The monoisotopic (exact) mass is 260 g/mol. The summed E-state index contributed by atoms with van der Waals surface area (Å²) in [6, 6.07) is -0.118. The first-order valence-electron chi connectivity index (χ1n) is 5.60. The van der Waals surface area contributed by atoms with E-state index in [9.17, 15) is 9.59 Å². The highest BCUT2D eigenvalue weighted by molar-refractivity contribution is 7.13. The molecule has 1 unspecified atom stereocenters. The Bertz CT molecular complexity index is 259. The number of ether oxygens (including phenoxy) is 1. The van der Waals surface area contributed by atoms with Gasteiger partial charge in [0.15, 0.2) is 0 Å². The van der Waals surface area contributed by atoms with E-state index in [-0.39, 0.29) is 18.4 Å². The second-order valence-corrected chi connectivity index (χ2v) is 3.97. The maximum Gasteiger partial charge on any atom is 0.407 e. The Kier molecular flexibility index (Phi) is 9.68. The van der Waals surface area contributed by atoms with Crippen molar-refractivity contribution < 1.29 is 14.3 Å². The molecule has 0 saturated carbocycles. The lowest BCUT2D eigenvalue weighted by Gasteiger charge is -2.12. The normalized spacial score (nSPS) is 11.6. The summed E-state index contributed by atoms with van der Waals surface area (Å²) < 4.78 is 4.74. The predicted octanol–water partition coefficient (Wildman–Crippen LogP) is 1.41. The summed E-state index contributed by atoms with van der Waals surface area (Å²) in [7, 11) is 2.35. The molecule has 0 spiro atoms. The first kappa shape index (κ1) is 16.1. The van der Waals surface area contributed by atoms with E-state index in [1.54, 1.807) is 6.92 Å². The number of hydrogen-bond donors (Lipinski definition) is 2. The molecule has 0 fully saturated rings. The summed E-state index contributed by atoms with van der Waals surface area (Å²) in [5.74, 6) is 0.123. The van der Waals surface area contributed by atoms with Crippen LogP contribution in [0, 0.1) is 0 Å². The summed E-state index contributed by atoms with van der Waals surface area (Å²) in [4.78, 5) is 22.1. The van der Waals surface area contributed by atoms with E-state index in [2.05, 4.69) is 26.4 Å². The van der Waals surface area contributed by atoms with Crippen molar-refractivity contribution in [2.75, 3.05) is 13.2 Å². The van der Waals surface area contributed by atoms with Crippen LogP contribution in [0.2, 0.25) is 0 Å². The summed E-state index contributed by atoms with van der Waals surface area (Å²) in [6.45, 7) is 5.77. The van der Waals surface area contributed by atoms with Crippen LogP contribution in [-0.4, -0.2) is 31.1 Å². The molecule has 0 radical (unpaired) electrons. The van der Waals surface area contributed by atoms with E-state index >= 15 is 0 Å². The van der Waals surface area contributed by atoms with Gasteiger partial charge in [0.05, 0.1) is 6.04 Å². The number of carbonyl (C=O) groups is 2. The molecule has 6 heteroatoms. The summed E-state index contributed by atoms with van der Waals surface area (Å²) in [6.07, 6.45) is 3.54. The third-order valence-electron chi connectivity index (χ3n) is 2.21. The van der Waals surface area contributed by atoms with E-state index in [0.717, 1.165) is 19.3 Å². The lowest BCUT2D eigenvalue weighted by atomic mass is 10.1. The van der Waals surface area contributed by atoms with E-state index in [1.165, 1.54) is 6.08 Å². The van der Waals surface area contributed by atoms with Gasteiger partial charge in [0.2, 0.25) is 0 Å². The number of Topliss-reactive ketones (excluding diaryl/α,β-unsaturated/α-hetero) is 1. The van der Waals surface area contributed by atoms with Crippen LogP contribution in [0.3, 0.4) is 0 Å². The van der Waals surface area contributed by atoms with Gasteiger partial charge in [-0.2, -0.15) is 0 Å². The predicted molar refractivity (Wildman–Crippen MR) is 70.7 cm³/mol. The Morgan fingerprint density at radius 1 is 1.47 bits per heavy atom. The van der Waals surface area contributed by atoms with Crippen molar-refractivity contribution in [3.63, 3.8) is 0 Å². The molecule has 0 aliphatic heterocycles. The maximum atomic E-state index is 11.1. The summed E-state index contributed by atoms with van der Waals surface area (Å²) in [5.41, 5.74) is 0. The quantitative estimate of drug-likeness (QED) is 0.373. The molecule has 0 aliphatic carbocycles. The van der Waals surface area contributed by atoms with Crippen LogP contribution in [-0.2, 0) is 9.53 Å². The maximum absolute atomic E-state index is 11.1. The molecule has 2 atom stereocenters. The molecule has 5 nitrogen and oxygen atoms in total. The molecule has 0 rings (SSSR count). The van der Waals surface area contributed by atoms with Gasteiger partial charge in [0.25, 0.3) is 0 Å². The third kappa shape index (κ3) is 8.83. The lowest BCUT2D eigenvalue weighted by molar-refractivity contribution is -0.118. The zero-order chi connectivity index (χ0) is 13.1. The largest absolute Gasteiger partial charge is 0.445 e. The summed E-state index contributed by atoms with van der Waals surface area (Å²) in [5, 5.41) is 5.49. The molecule has 0 aromatic rings. The minimum atomic E-state index is -0.433. The first-order chi connectivity index (χ1) is 8.11. The van der Waals surface area contributed by atoms with Gasteiger partial charge in [-0.3, -0.25) is 9.88 Å². The smallest absolute Gasteiger partial charge is 0.407 e. The van der Waals surface area contributed by atoms with E-state index < -0.39 is 6.09 Å². The molecule has 17 heavy (non-hydrogen) atoms. The standard InChI is InChI=1S/C11H21N2O3P/c1-3-8-16-11(15)12-7-5-4-6-10(13-17)9(2)14/h3,10,13H,1,4-8,17H2,2H3,(H,12,15)/t10-/m0/s1. The van der Waals surface area contributed by atoms with Gasteiger partial charge in [0.1, 0.15) is 12.4 Å². The number of rotatable bonds is 9. The van der Waals surface area contributed by atoms with E-state index in [1.807, 2.05) is 0 Å². The fourth-order valence-corrected chi connectivity index (χ4v) is 1.65. The molecule has 0 aromatic heterocycles. The minimum Gasteiger partial charge on any atom is -0.445 e. The number of hydrogen-bond acceptors (Lipinski definition) is 4. The first-order valence-corrected chi connectivity index (χ1v) is 6.17. The summed E-state index contributed by atoms with van der Waals surface area (Å²) >= 11 is 0. The topological polar surface area (TPSA) is 67.4 Å². The van der Waals surface area contributed by atoms with Gasteiger partial charge in [-0.1, -0.05) is 22.0 Å². The van der Waals surface area contributed by atoms with E-state index in [4.69, 9.17) is 4.74 Å². The fraction of sp³-hybridized carbons (Fsp3) is 0.636. The highest BCUT2D eigenvalue weighted by atomic mass is 31.0. The molecule has 0 aliphatic rings. The molecule has 0 saturated heterocycles. The molecule has 1 amide bonds. The molecule has 2 N–H and O–H groups in total. The second kappa shape index (κ2) is 10.2. The average Bonchev–Trinajstić information content (AvgIpc) is 2.30. The number of amides is 1. The van der Waals surface area contributed by atoms with Crippen LogP contribution in [0.5, 0.6) is 0 Å². The number of nitrogens with one attached hydrogen (secondary N) is 2. The van der Waals surface area contributed by atoms with Gasteiger partial charge in [-0.15, -0.1) is 0 Å². The molecular weight excluding hydrogens is 239 g/mol. The highest BCUT2D eigenvalue weighted by Gasteiger charge is 2.10. The molecule has 0 aromatic carbocycles. The average molecular weight is 260 g/mol. The van der Waals surface area contributed by atoms with Gasteiger partial charge < -0.3 is 10.1 Å². The Morgan fingerprint density at radius 3 is 2.71 bits per heavy atom. The van der Waals surface area contributed by atoms with Crippen LogP contribution < -0.4 is 10.4 Å². The van der Waals surface area contributed by atoms with Crippen LogP contribution in [0.25, 0.3) is 0 Å². The van der Waals surface area contributed by atoms with Gasteiger partial charge >= 0.3 is 6.09 Å². The Morgan fingerprint density at radius 2 is 2.18 bits per heavy atom. The van der Waals surface area contributed by atoms with Gasteiger partial charge in [-0.05, 0) is 26.2 Å². The number of alkyl carbamates (subject to hydrolysis) is 1. The zero-order valence-corrected chi connectivity index (χ0v) is 11.4. The molecule has 0 bridgehead atoms. The van der Waals surface area contributed by atoms with Gasteiger partial charge in [-0.25, -0.2) is 4.79 Å². The SMILES string of the molecule is C=CCOC(=O)NCCCC[C@H](NP)C(C)=O. The Labute approximate surface area is 105 Å². The Hall–Kier alpha value is -0.930. The van der Waals surface area contributed by atoms with Crippen molar-refractivity contribution >= 4 is 21.3 Å². The van der Waals surface area contributed by atoms with Crippen molar-refractivity contribution in [1.29, 1.82) is 0 Å². The van der Waals surface area contributed by atoms with Crippen molar-refractivity contribution in [2.45, 2.75) is 32.2 Å². The second-order valence-electron chi connectivity index (χ2n) is 3.64. The van der Waals surface area contributed by atoms with Crippen LogP contribution >= 0.6 is 9.39 Å². The van der Waals surface area contributed by atoms with Crippen LogP contribution in [0.4, 0.5) is 4.79 Å². The number of carbonyl (C=O) groups excluding carboxylic acids is 2. The van der Waals surface area contributed by atoms with Crippen molar-refractivity contribution in [3.05, 3.63) is 12.7 Å². The highest BCUT2D eigenvalue weighted by Crippen LogP contribution is 2.03. The van der Waals surface area contributed by atoms with E-state index in [0.29, 0.717) is 6.54 Å². The van der Waals surface area contributed by atoms with Gasteiger partial charge in [0, 0.05) is 6.54 Å². The van der Waals surface area contributed by atoms with Crippen LogP contribution in [0.1, 0.15) is 26.2 Å². The number of ketones is 1.